The highest BCUT2D eigenvalue weighted by molar-refractivity contribution is 7.98. The second-order valence-electron chi connectivity index (χ2n) is 3.91. The lowest BCUT2D eigenvalue weighted by molar-refractivity contribution is 0.0694. The van der Waals surface area contributed by atoms with E-state index in [0.29, 0.717) is 10.6 Å². The molecule has 3 nitrogen and oxygen atoms in total. The smallest absolute Gasteiger partial charge is 0.339 e. The van der Waals surface area contributed by atoms with E-state index in [4.69, 9.17) is 10.8 Å². The van der Waals surface area contributed by atoms with Gasteiger partial charge in [-0.1, -0.05) is 30.3 Å². The van der Waals surface area contributed by atoms with Crippen LogP contribution in [0, 0.1) is 5.82 Å². The third kappa shape index (κ3) is 3.06. The van der Waals surface area contributed by atoms with E-state index in [1.165, 1.54) is 23.9 Å². The molecule has 2 rings (SSSR count). The predicted octanol–water partition coefficient (Wildman–Crippen LogP) is 3.40. The number of hydrogen-bond acceptors (Lipinski definition) is 3. The molecule has 0 aliphatic carbocycles. The molecule has 2 aromatic carbocycles. The molecule has 19 heavy (non-hydrogen) atoms. The summed E-state index contributed by atoms with van der Waals surface area (Å²) in [6, 6.07) is 12.3. The summed E-state index contributed by atoms with van der Waals surface area (Å²) in [5, 5.41) is 9.11. The van der Waals surface area contributed by atoms with Crippen LogP contribution in [0.25, 0.3) is 0 Å². The van der Waals surface area contributed by atoms with Gasteiger partial charge >= 0.3 is 5.97 Å². The van der Waals surface area contributed by atoms with Crippen molar-refractivity contribution in [1.82, 2.24) is 0 Å². The molecule has 0 bridgehead atoms. The minimum atomic E-state index is -1.22. The molecule has 2 aromatic rings. The van der Waals surface area contributed by atoms with Crippen LogP contribution in [0.5, 0.6) is 0 Å². The third-order valence-corrected chi connectivity index (χ3v) is 3.73. The van der Waals surface area contributed by atoms with Crippen molar-refractivity contribution in [3.05, 3.63) is 59.4 Å². The first kappa shape index (κ1) is 13.4. The van der Waals surface area contributed by atoms with Gasteiger partial charge in [0.15, 0.2) is 0 Å². The van der Waals surface area contributed by atoms with Gasteiger partial charge in [-0.25, -0.2) is 9.18 Å². The number of carbonyl (C=O) groups is 1. The highest BCUT2D eigenvalue weighted by Crippen LogP contribution is 2.31. The van der Waals surface area contributed by atoms with Gasteiger partial charge in [0.05, 0.1) is 11.3 Å². The molecule has 0 heterocycles. The summed E-state index contributed by atoms with van der Waals surface area (Å²) in [5.74, 6) is -1.32. The number of hydrogen-bond donors (Lipinski definition) is 2. The monoisotopic (exact) mass is 277 g/mol. The summed E-state index contributed by atoms with van der Waals surface area (Å²) in [6.45, 7) is 0. The molecule has 0 fully saturated rings. The summed E-state index contributed by atoms with van der Waals surface area (Å²) in [5.41, 5.74) is 6.07. The molecule has 0 saturated heterocycles. The second-order valence-corrected chi connectivity index (χ2v) is 4.93. The molecule has 0 aromatic heterocycles. The lowest BCUT2D eigenvalue weighted by Crippen LogP contribution is -2.06. The fraction of sp³-hybridized carbons (Fsp3) is 0.0714. The molecule has 0 amide bonds. The van der Waals surface area contributed by atoms with Crippen molar-refractivity contribution in [2.24, 2.45) is 0 Å². The molecule has 0 spiro atoms. The first-order valence-electron chi connectivity index (χ1n) is 5.57. The highest BCUT2D eigenvalue weighted by Gasteiger charge is 2.17. The zero-order valence-electron chi connectivity index (χ0n) is 9.97. The standard InChI is InChI=1S/C14H12FNO2S/c15-10-6-7-11(12(13(10)16)14(17)18)19-8-9-4-2-1-3-5-9/h1-7H,8,16H2,(H,17,18). The van der Waals surface area contributed by atoms with Crippen LogP contribution in [0.3, 0.4) is 0 Å². The van der Waals surface area contributed by atoms with E-state index in [-0.39, 0.29) is 11.3 Å². The molecular formula is C14H12FNO2S. The van der Waals surface area contributed by atoms with E-state index >= 15 is 0 Å². The van der Waals surface area contributed by atoms with Crippen molar-refractivity contribution in [3.8, 4) is 0 Å². The molecule has 3 N–H and O–H groups in total. The van der Waals surface area contributed by atoms with E-state index in [2.05, 4.69) is 0 Å². The first-order valence-corrected chi connectivity index (χ1v) is 6.56. The largest absolute Gasteiger partial charge is 0.478 e. The Labute approximate surface area is 114 Å². The van der Waals surface area contributed by atoms with Crippen LogP contribution >= 0.6 is 11.8 Å². The second kappa shape index (κ2) is 5.75. The summed E-state index contributed by atoms with van der Waals surface area (Å²) >= 11 is 1.32. The van der Waals surface area contributed by atoms with E-state index in [0.717, 1.165) is 5.56 Å². The third-order valence-electron chi connectivity index (χ3n) is 2.61. The van der Waals surface area contributed by atoms with Crippen molar-refractivity contribution in [2.45, 2.75) is 10.6 Å². The summed E-state index contributed by atoms with van der Waals surface area (Å²) in [4.78, 5) is 11.6. The minimum Gasteiger partial charge on any atom is -0.478 e. The Morgan fingerprint density at radius 3 is 2.53 bits per heavy atom. The van der Waals surface area contributed by atoms with E-state index in [9.17, 15) is 9.18 Å². The van der Waals surface area contributed by atoms with Gasteiger partial charge in [0.1, 0.15) is 5.82 Å². The Morgan fingerprint density at radius 2 is 1.89 bits per heavy atom. The number of nitrogens with two attached hydrogens (primary N) is 1. The molecule has 98 valence electrons. The molecule has 0 unspecified atom stereocenters. The molecule has 0 atom stereocenters. The van der Waals surface area contributed by atoms with Crippen molar-refractivity contribution in [2.75, 3.05) is 5.73 Å². The number of halogens is 1. The van der Waals surface area contributed by atoms with Crippen LogP contribution in [0.2, 0.25) is 0 Å². The van der Waals surface area contributed by atoms with Gasteiger partial charge in [-0.3, -0.25) is 0 Å². The van der Waals surface area contributed by atoms with Crippen LogP contribution in [0.1, 0.15) is 15.9 Å². The zero-order valence-corrected chi connectivity index (χ0v) is 10.8. The minimum absolute atomic E-state index is 0.166. The summed E-state index contributed by atoms with van der Waals surface area (Å²) in [6.07, 6.45) is 0. The Kier molecular flexibility index (Phi) is 4.06. The Hall–Kier alpha value is -2.01. The number of anilines is 1. The van der Waals surface area contributed by atoms with Gasteiger partial charge in [-0.15, -0.1) is 11.8 Å². The first-order chi connectivity index (χ1) is 9.09. The van der Waals surface area contributed by atoms with Gasteiger partial charge < -0.3 is 10.8 Å². The van der Waals surface area contributed by atoms with Gasteiger partial charge in [-0.2, -0.15) is 0 Å². The molecular weight excluding hydrogens is 265 g/mol. The van der Waals surface area contributed by atoms with Gasteiger partial charge in [-0.05, 0) is 17.7 Å². The quantitative estimate of drug-likeness (QED) is 0.664. The fourth-order valence-corrected chi connectivity index (χ4v) is 2.67. The molecule has 0 aliphatic heterocycles. The topological polar surface area (TPSA) is 63.3 Å². The maximum atomic E-state index is 13.3. The normalized spacial score (nSPS) is 10.4. The average Bonchev–Trinajstić information content (AvgIpc) is 2.41. The number of rotatable bonds is 4. The van der Waals surface area contributed by atoms with Crippen LogP contribution in [0.4, 0.5) is 10.1 Å². The van der Waals surface area contributed by atoms with E-state index in [1.54, 1.807) is 0 Å². The van der Waals surface area contributed by atoms with Crippen molar-refractivity contribution < 1.29 is 14.3 Å². The number of benzene rings is 2. The molecule has 0 saturated carbocycles. The van der Waals surface area contributed by atoms with Crippen LogP contribution in [-0.4, -0.2) is 11.1 Å². The average molecular weight is 277 g/mol. The van der Waals surface area contributed by atoms with Crippen molar-refractivity contribution >= 4 is 23.4 Å². The maximum Gasteiger partial charge on any atom is 0.339 e. The number of carboxylic acids is 1. The van der Waals surface area contributed by atoms with E-state index in [1.807, 2.05) is 30.3 Å². The Balaban J connectivity index is 2.26. The number of carboxylic acid groups (broad SMARTS) is 1. The zero-order chi connectivity index (χ0) is 13.8. The van der Waals surface area contributed by atoms with Crippen LogP contribution in [0.15, 0.2) is 47.4 Å². The Bertz CT molecular complexity index is 602. The maximum absolute atomic E-state index is 13.3. The van der Waals surface area contributed by atoms with Gasteiger partial charge in [0.2, 0.25) is 0 Å². The van der Waals surface area contributed by atoms with Crippen LogP contribution in [-0.2, 0) is 5.75 Å². The number of nitrogen functional groups attached to an aromatic ring is 1. The number of thioether (sulfide) groups is 1. The molecule has 0 radical (unpaired) electrons. The SMILES string of the molecule is Nc1c(F)ccc(SCc2ccccc2)c1C(=O)O. The fourth-order valence-electron chi connectivity index (χ4n) is 1.65. The summed E-state index contributed by atoms with van der Waals surface area (Å²) < 4.78 is 13.3. The lowest BCUT2D eigenvalue weighted by atomic mass is 10.2. The van der Waals surface area contributed by atoms with Crippen molar-refractivity contribution in [3.63, 3.8) is 0 Å². The predicted molar refractivity (Wildman–Crippen MR) is 73.8 cm³/mol. The van der Waals surface area contributed by atoms with Crippen molar-refractivity contribution in [1.29, 1.82) is 0 Å². The van der Waals surface area contributed by atoms with Crippen LogP contribution < -0.4 is 5.73 Å². The van der Waals surface area contributed by atoms with E-state index < -0.39 is 11.8 Å². The highest BCUT2D eigenvalue weighted by atomic mass is 32.2. The Morgan fingerprint density at radius 1 is 1.21 bits per heavy atom. The molecule has 0 aliphatic rings. The molecule has 5 heteroatoms. The summed E-state index contributed by atoms with van der Waals surface area (Å²) in [7, 11) is 0. The van der Waals surface area contributed by atoms with Gasteiger partial charge in [0.25, 0.3) is 0 Å². The lowest BCUT2D eigenvalue weighted by Gasteiger charge is -2.09. The number of aromatic carboxylic acids is 1. The van der Waals surface area contributed by atoms with Gasteiger partial charge in [0, 0.05) is 10.6 Å².